The van der Waals surface area contributed by atoms with Gasteiger partial charge in [0.2, 0.25) is 0 Å². The van der Waals surface area contributed by atoms with Crippen molar-refractivity contribution in [3.05, 3.63) is 0 Å². The van der Waals surface area contributed by atoms with E-state index >= 15 is 0 Å². The van der Waals surface area contributed by atoms with Crippen LogP contribution in [-0.4, -0.2) is 39.8 Å². The minimum atomic E-state index is -4.37. The Morgan fingerprint density at radius 2 is 1.92 bits per heavy atom. The van der Waals surface area contributed by atoms with E-state index in [0.29, 0.717) is 0 Å². The summed E-state index contributed by atoms with van der Waals surface area (Å²) >= 11 is 0. The molecule has 0 spiro atoms. The highest BCUT2D eigenvalue weighted by Crippen LogP contribution is 2.48. The number of hydrogen-bond acceptors (Lipinski definition) is 4. The molecule has 0 aliphatic carbocycles. The highest BCUT2D eigenvalue weighted by atomic mass is 31.2. The summed E-state index contributed by atoms with van der Waals surface area (Å²) in [7, 11) is -3.53. The minimum Gasteiger partial charge on any atom is -0.481 e. The summed E-state index contributed by atoms with van der Waals surface area (Å²) in [6.45, 7) is 0. The van der Waals surface area contributed by atoms with Gasteiger partial charge in [-0.3, -0.25) is 14.2 Å². The van der Waals surface area contributed by atoms with Crippen LogP contribution in [0.2, 0.25) is 0 Å². The number of rotatable bonds is 5. The third kappa shape index (κ3) is 3.54. The van der Waals surface area contributed by atoms with Gasteiger partial charge in [0.15, 0.2) is 5.66 Å². The lowest BCUT2D eigenvalue weighted by Gasteiger charge is -2.14. The first-order valence-corrected chi connectivity index (χ1v) is 4.78. The normalized spacial score (nSPS) is 17.4. The van der Waals surface area contributed by atoms with Crippen LogP contribution in [-0.2, 0) is 18.7 Å². The largest absolute Gasteiger partial charge is 0.481 e. The van der Waals surface area contributed by atoms with E-state index in [1.165, 1.54) is 0 Å². The molecule has 0 aliphatic heterocycles. The van der Waals surface area contributed by atoms with Crippen molar-refractivity contribution in [2.45, 2.75) is 12.1 Å². The van der Waals surface area contributed by atoms with Crippen LogP contribution in [0.15, 0.2) is 0 Å². The monoisotopic (exact) mass is 212 g/mol. The maximum absolute atomic E-state index is 10.9. The van der Waals surface area contributed by atoms with Crippen LogP contribution in [0, 0.1) is 0 Å². The zero-order valence-electron chi connectivity index (χ0n) is 6.71. The van der Waals surface area contributed by atoms with E-state index in [-0.39, 0.29) is 0 Å². The Morgan fingerprint density at radius 3 is 2.15 bits per heavy atom. The summed E-state index contributed by atoms with van der Waals surface area (Å²) in [6.07, 6.45) is -0.947. The van der Waals surface area contributed by atoms with Crippen LogP contribution >= 0.6 is 7.60 Å². The molecular formula is C5H9O7P. The van der Waals surface area contributed by atoms with Crippen LogP contribution in [0.3, 0.4) is 0 Å². The minimum absolute atomic E-state index is 0.846. The van der Waals surface area contributed by atoms with E-state index in [9.17, 15) is 14.2 Å². The van der Waals surface area contributed by atoms with Crippen molar-refractivity contribution in [1.82, 2.24) is 0 Å². The molecule has 0 aromatic heterocycles. The first-order chi connectivity index (χ1) is 5.81. The summed E-state index contributed by atoms with van der Waals surface area (Å²) in [5, 5.41) is 16.7. The van der Waals surface area contributed by atoms with Crippen LogP contribution in [0.5, 0.6) is 0 Å². The molecule has 0 fully saturated rings. The van der Waals surface area contributed by atoms with Gasteiger partial charge < -0.3 is 19.6 Å². The van der Waals surface area contributed by atoms with Gasteiger partial charge in [-0.05, 0) is 0 Å². The summed E-state index contributed by atoms with van der Waals surface area (Å²) in [6, 6.07) is 0. The van der Waals surface area contributed by atoms with Gasteiger partial charge in [0.1, 0.15) is 0 Å². The number of carboxylic acid groups (broad SMARTS) is 2. The second kappa shape index (κ2) is 4.36. The Labute approximate surface area is 73.5 Å². The Hall–Kier alpha value is -0.910. The maximum Gasteiger partial charge on any atom is 0.342 e. The van der Waals surface area contributed by atoms with Crippen molar-refractivity contribution < 1.29 is 33.8 Å². The lowest BCUT2D eigenvalue weighted by molar-refractivity contribution is -0.143. The van der Waals surface area contributed by atoms with Gasteiger partial charge in [0.05, 0.1) is 6.42 Å². The Bertz CT molecular complexity index is 260. The van der Waals surface area contributed by atoms with Crippen molar-refractivity contribution in [2.24, 2.45) is 0 Å². The molecule has 0 saturated heterocycles. The number of aliphatic carboxylic acids is 2. The van der Waals surface area contributed by atoms with E-state index in [4.69, 9.17) is 15.1 Å². The topological polar surface area (TPSA) is 121 Å². The van der Waals surface area contributed by atoms with Crippen molar-refractivity contribution in [3.8, 4) is 0 Å². The highest BCUT2D eigenvalue weighted by Gasteiger charge is 2.39. The lowest BCUT2D eigenvalue weighted by atomic mass is 10.3. The molecule has 2 unspecified atom stereocenters. The smallest absolute Gasteiger partial charge is 0.342 e. The zero-order valence-corrected chi connectivity index (χ0v) is 7.60. The molecule has 8 heteroatoms. The summed E-state index contributed by atoms with van der Waals surface area (Å²) in [5.41, 5.74) is -1.92. The first-order valence-electron chi connectivity index (χ1n) is 3.14. The van der Waals surface area contributed by atoms with Gasteiger partial charge in [0, 0.05) is 7.11 Å². The van der Waals surface area contributed by atoms with Crippen molar-refractivity contribution in [2.75, 3.05) is 7.11 Å². The molecule has 0 radical (unpaired) electrons. The highest BCUT2D eigenvalue weighted by molar-refractivity contribution is 7.54. The fourth-order valence-corrected chi connectivity index (χ4v) is 1.56. The van der Waals surface area contributed by atoms with Crippen LogP contribution in [0.1, 0.15) is 6.42 Å². The predicted molar refractivity (Wildman–Crippen MR) is 40.5 cm³/mol. The number of carboxylic acids is 2. The summed E-state index contributed by atoms with van der Waals surface area (Å²) in [4.78, 5) is 29.4. The number of hydrogen-bond donors (Lipinski definition) is 3. The fourth-order valence-electron chi connectivity index (χ4n) is 0.635. The van der Waals surface area contributed by atoms with Crippen molar-refractivity contribution in [3.63, 3.8) is 0 Å². The maximum atomic E-state index is 10.9. The third-order valence-corrected chi connectivity index (χ3v) is 3.02. The quantitative estimate of drug-likeness (QED) is 0.537. The van der Waals surface area contributed by atoms with E-state index in [2.05, 4.69) is 4.52 Å². The number of carbonyl (C=O) groups is 2. The molecule has 0 bridgehead atoms. The van der Waals surface area contributed by atoms with Crippen LogP contribution in [0.4, 0.5) is 0 Å². The van der Waals surface area contributed by atoms with Gasteiger partial charge in [-0.15, -0.1) is 0 Å². The van der Waals surface area contributed by atoms with E-state index in [1.54, 1.807) is 0 Å². The Kier molecular flexibility index (Phi) is 4.06. The Balaban J connectivity index is 4.71. The standard InChI is InChI=1S/C5H9O7P/c1-12-13(10,11)3(5(8)9)2-4(6)7/h3H,2H2,1H3,(H,6,7)(H,8,9)(H,10,11). The van der Waals surface area contributed by atoms with Crippen molar-refractivity contribution >= 4 is 19.5 Å². The van der Waals surface area contributed by atoms with Gasteiger partial charge >= 0.3 is 19.5 Å². The first kappa shape index (κ1) is 12.1. The molecule has 0 aliphatic rings. The van der Waals surface area contributed by atoms with Crippen LogP contribution < -0.4 is 0 Å². The third-order valence-electron chi connectivity index (χ3n) is 1.31. The zero-order chi connectivity index (χ0) is 10.6. The second-order valence-electron chi connectivity index (χ2n) is 2.20. The summed E-state index contributed by atoms with van der Waals surface area (Å²) < 4.78 is 15.0. The average Bonchev–Trinajstić information content (AvgIpc) is 1.99. The molecule has 0 aromatic rings. The fraction of sp³-hybridized carbons (Fsp3) is 0.600. The molecule has 13 heavy (non-hydrogen) atoms. The molecular weight excluding hydrogens is 203 g/mol. The van der Waals surface area contributed by atoms with E-state index in [0.717, 1.165) is 7.11 Å². The molecule has 7 nitrogen and oxygen atoms in total. The molecule has 0 saturated carbocycles. The molecule has 76 valence electrons. The van der Waals surface area contributed by atoms with E-state index < -0.39 is 31.6 Å². The second-order valence-corrected chi connectivity index (χ2v) is 4.32. The summed E-state index contributed by atoms with van der Waals surface area (Å²) in [5.74, 6) is -3.14. The molecule has 0 rings (SSSR count). The van der Waals surface area contributed by atoms with Crippen molar-refractivity contribution in [1.29, 1.82) is 0 Å². The van der Waals surface area contributed by atoms with Crippen LogP contribution in [0.25, 0.3) is 0 Å². The SMILES string of the molecule is COP(=O)(O)C(CC(=O)O)C(=O)O. The molecule has 0 heterocycles. The predicted octanol–water partition coefficient (Wildman–Crippen LogP) is -0.254. The molecule has 3 N–H and O–H groups in total. The van der Waals surface area contributed by atoms with E-state index in [1.807, 2.05) is 0 Å². The van der Waals surface area contributed by atoms with Gasteiger partial charge in [0.25, 0.3) is 0 Å². The average molecular weight is 212 g/mol. The lowest BCUT2D eigenvalue weighted by Crippen LogP contribution is -2.24. The van der Waals surface area contributed by atoms with Gasteiger partial charge in [-0.2, -0.15) is 0 Å². The Morgan fingerprint density at radius 1 is 1.46 bits per heavy atom. The molecule has 0 amide bonds. The van der Waals surface area contributed by atoms with Gasteiger partial charge in [-0.1, -0.05) is 0 Å². The van der Waals surface area contributed by atoms with Gasteiger partial charge in [-0.25, -0.2) is 0 Å². The molecule has 0 aromatic carbocycles. The molecule has 2 atom stereocenters.